The number of aliphatic hydroxyl groups excluding tert-OH is 1. The van der Waals surface area contributed by atoms with Crippen LogP contribution >= 0.6 is 74.7 Å². The maximum absolute atomic E-state index is 10.6. The van der Waals surface area contributed by atoms with Gasteiger partial charge in [-0.25, -0.2) is 0 Å². The van der Waals surface area contributed by atoms with Crippen molar-refractivity contribution in [1.82, 2.24) is 0 Å². The average Bonchev–Trinajstić information content (AvgIpc) is 3.41. The van der Waals surface area contributed by atoms with E-state index >= 15 is 0 Å². The number of unbranched alkanes of at least 4 members (excludes halogenated alkanes) is 34. The summed E-state index contributed by atoms with van der Waals surface area (Å²) in [6.07, 6.45) is 51.2. The van der Waals surface area contributed by atoms with Crippen molar-refractivity contribution in [3.05, 3.63) is 73.7 Å². The Labute approximate surface area is 582 Å². The fraction of sp³-hybridized carbons (Fsp3) is 0.754. The molecular formula is C65H115Br2I2KO8Zn. The molecule has 0 bridgehead atoms. The van der Waals surface area contributed by atoms with Gasteiger partial charge in [0.25, 0.3) is 0 Å². The molecule has 2 aromatic carbocycles. The van der Waals surface area contributed by atoms with E-state index < -0.39 is 0 Å². The van der Waals surface area contributed by atoms with Crippen LogP contribution < -0.4 is 51.4 Å². The van der Waals surface area contributed by atoms with Crippen LogP contribution in [0, 0.1) is 14.1 Å². The first-order valence-electron chi connectivity index (χ1n) is 30.2. The number of aryl methyl sites for hydroxylation is 2. The topological polar surface area (TPSA) is 129 Å². The van der Waals surface area contributed by atoms with Crippen LogP contribution in [0.25, 0.3) is 0 Å². The number of carbonyl (C=O) groups excluding carboxylic acids is 3. The first-order valence-corrected chi connectivity index (χ1v) is 40.4. The van der Waals surface area contributed by atoms with Crippen molar-refractivity contribution in [2.45, 2.75) is 285 Å². The van der Waals surface area contributed by atoms with E-state index in [1.54, 1.807) is 0 Å². The summed E-state index contributed by atoms with van der Waals surface area (Å²) in [4.78, 5) is 31.5. The fourth-order valence-electron chi connectivity index (χ4n) is 8.42. The van der Waals surface area contributed by atoms with E-state index in [1.807, 2.05) is 0 Å². The van der Waals surface area contributed by atoms with Gasteiger partial charge in [0, 0.05) is 39.8 Å². The molecule has 0 radical (unpaired) electrons. The molecule has 0 aliphatic carbocycles. The Balaban J connectivity index is -0.000000223. The van der Waals surface area contributed by atoms with E-state index in [2.05, 4.69) is 130 Å². The number of carbonyl (C=O) groups is 3. The van der Waals surface area contributed by atoms with Gasteiger partial charge >= 0.3 is 99.3 Å². The molecule has 0 saturated carbocycles. The van der Waals surface area contributed by atoms with Crippen molar-refractivity contribution >= 4 is 92.6 Å². The number of aliphatic hydroxyl groups is 1. The molecule has 2 N–H and O–H groups in total. The van der Waals surface area contributed by atoms with Crippen LogP contribution in [-0.4, -0.2) is 60.2 Å². The summed E-state index contributed by atoms with van der Waals surface area (Å²) in [5.74, 6) is -0.484. The van der Waals surface area contributed by atoms with E-state index in [4.69, 9.17) is 19.3 Å². The molecule has 0 saturated heterocycles. The standard InChI is InChI=1S/C20H31IO2.C18H29IO.C13H25BrO2.C13H25O2.CH4.BrH.K.H2O.Zn/c1-18(22)23-17-11-9-7-5-3-2-4-6-8-10-12-19-13-15-20(21)16-14-19;19-18-14-12-17(13-15-18)11-9-7-5-3-1-2-4-6-8-10-16-20;1-13(15)16-12-10-8-6-4-2-3-5-7-9-11-14;1-3-4-5-6-7-8-9-10-11-12-15-13(2)14;;;;;/h13-16H,2-12,17H2,1H3;12-15,20H,1-11,16H2;2-12H2,1H3;1,3-12H2,2H3;1H4;1H;;1H2;/q;;;-1;;;+1;;+2/p-2. The summed E-state index contributed by atoms with van der Waals surface area (Å²) in [6, 6.07) is 17.8. The number of hydrogen-bond donors (Lipinski definition) is 1. The van der Waals surface area contributed by atoms with Gasteiger partial charge in [-0.15, -0.1) is 0 Å². The average molecular weight is 1540 g/mol. The first-order chi connectivity index (χ1) is 37.0. The van der Waals surface area contributed by atoms with Crippen molar-refractivity contribution in [3.8, 4) is 0 Å². The monoisotopic (exact) mass is 1540 g/mol. The number of alkyl halides is 1. The Morgan fingerprint density at radius 3 is 0.861 bits per heavy atom. The molecule has 0 aromatic heterocycles. The third-order valence-electron chi connectivity index (χ3n) is 12.9. The zero-order valence-electron chi connectivity index (χ0n) is 50.2. The zero-order chi connectivity index (χ0) is 56.6. The minimum absolute atomic E-state index is 0. The van der Waals surface area contributed by atoms with E-state index in [0.717, 1.165) is 37.4 Å². The van der Waals surface area contributed by atoms with Crippen LogP contribution in [0.5, 0.6) is 0 Å². The van der Waals surface area contributed by atoms with Gasteiger partial charge in [0.1, 0.15) is 0 Å². The Kier molecular flexibility index (Phi) is 92.1. The molecule has 0 amide bonds. The van der Waals surface area contributed by atoms with Crippen LogP contribution in [0.1, 0.15) is 283 Å². The molecule has 0 aliphatic rings. The van der Waals surface area contributed by atoms with Gasteiger partial charge in [-0.2, -0.15) is 6.42 Å². The van der Waals surface area contributed by atoms with E-state index in [1.165, 1.54) is 280 Å². The summed E-state index contributed by atoms with van der Waals surface area (Å²) >= 11 is 12.4. The van der Waals surface area contributed by atoms with Crippen molar-refractivity contribution < 1.29 is 107 Å². The molecule has 454 valence electrons. The van der Waals surface area contributed by atoms with E-state index in [-0.39, 0.29) is 82.2 Å². The molecule has 0 fully saturated rings. The van der Waals surface area contributed by atoms with Crippen molar-refractivity contribution in [2.75, 3.05) is 31.8 Å². The van der Waals surface area contributed by atoms with Gasteiger partial charge in [0.15, 0.2) is 0 Å². The molecule has 0 aliphatic heterocycles. The van der Waals surface area contributed by atoms with Crippen LogP contribution in [0.15, 0.2) is 48.5 Å². The maximum atomic E-state index is 10.6. The van der Waals surface area contributed by atoms with Gasteiger partial charge in [-0.05, 0) is 138 Å². The second kappa shape index (κ2) is 79.4. The Morgan fingerprint density at radius 2 is 0.633 bits per heavy atom. The predicted octanol–water partition coefficient (Wildman–Crippen LogP) is 18.7. The molecule has 0 atom stereocenters. The van der Waals surface area contributed by atoms with E-state index in [9.17, 15) is 14.4 Å². The number of esters is 3. The first kappa shape index (κ1) is 91.6. The number of rotatable bonds is 46. The molecule has 8 nitrogen and oxygen atoms in total. The third kappa shape index (κ3) is 83.7. The molecular weight excluding hydrogens is 1430 g/mol. The molecule has 79 heavy (non-hydrogen) atoms. The number of halogens is 4. The van der Waals surface area contributed by atoms with Crippen LogP contribution in [0.4, 0.5) is 0 Å². The van der Waals surface area contributed by atoms with E-state index in [0.29, 0.717) is 26.4 Å². The summed E-state index contributed by atoms with van der Waals surface area (Å²) in [7, 11) is 0. The second-order valence-electron chi connectivity index (χ2n) is 20.1. The van der Waals surface area contributed by atoms with Crippen molar-refractivity contribution in [3.63, 3.8) is 0 Å². The fourth-order valence-corrected chi connectivity index (χ4v) is 9.54. The van der Waals surface area contributed by atoms with Crippen LogP contribution in [0.3, 0.4) is 0 Å². The summed E-state index contributed by atoms with van der Waals surface area (Å²) in [5, 5.41) is 9.83. The van der Waals surface area contributed by atoms with Gasteiger partial charge in [0.05, 0.1) is 19.8 Å². The third-order valence-corrected chi connectivity index (χ3v) is 14.9. The van der Waals surface area contributed by atoms with Gasteiger partial charge in [-0.3, -0.25) is 14.4 Å². The number of benzene rings is 2. The van der Waals surface area contributed by atoms with Crippen molar-refractivity contribution in [1.29, 1.82) is 0 Å². The predicted molar refractivity (Wildman–Crippen MR) is 355 cm³/mol. The number of ether oxygens (including phenoxy) is 3. The van der Waals surface area contributed by atoms with Gasteiger partial charge in [-0.1, -0.05) is 240 Å². The Bertz CT molecular complexity index is 1480. The second-order valence-corrected chi connectivity index (χ2v) is 23.4. The van der Waals surface area contributed by atoms with Gasteiger partial charge < -0.3 is 31.7 Å². The zero-order valence-corrected chi connectivity index (χ0v) is 63.8. The molecule has 2 aromatic rings. The quantitative estimate of drug-likeness (QED) is 0.0132. The normalized spacial score (nSPS) is 10.0. The molecule has 2 rings (SSSR count). The van der Waals surface area contributed by atoms with Crippen LogP contribution in [-0.2, 0) is 57.8 Å². The summed E-state index contributed by atoms with van der Waals surface area (Å²) in [5.41, 5.74) is 2.95. The molecule has 0 spiro atoms. The number of hydrogen-bond acceptors (Lipinski definition) is 8. The molecule has 0 heterocycles. The van der Waals surface area contributed by atoms with Gasteiger partial charge in [0.2, 0.25) is 0 Å². The van der Waals surface area contributed by atoms with Crippen LogP contribution in [0.2, 0.25) is 0 Å². The Hall–Kier alpha value is 1.45. The minimum atomic E-state index is -0.164. The molecule has 14 heteroatoms. The molecule has 0 unspecified atom stereocenters. The van der Waals surface area contributed by atoms with Crippen molar-refractivity contribution in [2.24, 2.45) is 0 Å². The summed E-state index contributed by atoms with van der Waals surface area (Å²) < 4.78 is 17.3. The Morgan fingerprint density at radius 1 is 0.418 bits per heavy atom. The summed E-state index contributed by atoms with van der Waals surface area (Å²) in [6.45, 7) is 10.4. The SMILES string of the molecule is C.CC(=O)OCCCCCCCCCCCBr.CC(=O)OCCCCCCCCCCCCc1ccc(I)cc1.OCCCCCCCCCCCCc1ccc(I)cc1.[CH2-]CCCCCCCCCCOC(C)=O.[K+].[OH-].[Zn+][Br].